The first-order valence-electron chi connectivity index (χ1n) is 6.95. The summed E-state index contributed by atoms with van der Waals surface area (Å²) in [5, 5.41) is 19.9. The lowest BCUT2D eigenvalue weighted by Gasteiger charge is -2.22. The molecule has 0 fully saturated rings. The second-order valence-electron chi connectivity index (χ2n) is 5.23. The molecule has 0 saturated carbocycles. The molecule has 4 nitrogen and oxygen atoms in total. The first-order valence-corrected chi connectivity index (χ1v) is 6.95. The van der Waals surface area contributed by atoms with Gasteiger partial charge in [0.15, 0.2) is 5.60 Å². The number of hydrogen-bond acceptors (Lipinski definition) is 3. The van der Waals surface area contributed by atoms with Crippen molar-refractivity contribution in [3.05, 3.63) is 65.7 Å². The van der Waals surface area contributed by atoms with Gasteiger partial charge in [-0.25, -0.2) is 0 Å². The first-order chi connectivity index (χ1) is 10.2. The van der Waals surface area contributed by atoms with Gasteiger partial charge in [-0.1, -0.05) is 48.5 Å². The highest BCUT2D eigenvalue weighted by atomic mass is 16.3. The first kappa shape index (κ1) is 13.8. The maximum absolute atomic E-state index is 12.6. The van der Waals surface area contributed by atoms with Crippen molar-refractivity contribution in [3.8, 4) is 0 Å². The fourth-order valence-corrected chi connectivity index (χ4v) is 2.83. The van der Waals surface area contributed by atoms with Crippen LogP contribution in [0.1, 0.15) is 17.5 Å². The maximum atomic E-state index is 12.6. The van der Waals surface area contributed by atoms with E-state index in [2.05, 4.69) is 0 Å². The molecule has 0 aromatic heterocycles. The lowest BCUT2D eigenvalue weighted by Crippen LogP contribution is -2.40. The summed E-state index contributed by atoms with van der Waals surface area (Å²) in [5.74, 6) is -0.374. The number of para-hydroxylation sites is 1. The van der Waals surface area contributed by atoms with Gasteiger partial charge in [0.2, 0.25) is 0 Å². The van der Waals surface area contributed by atoms with Crippen molar-refractivity contribution in [1.82, 2.24) is 0 Å². The zero-order valence-electron chi connectivity index (χ0n) is 11.6. The number of rotatable bonds is 4. The number of amides is 1. The molecular formula is C17H17NO3. The molecule has 2 aromatic rings. The van der Waals surface area contributed by atoms with Crippen LogP contribution < -0.4 is 4.90 Å². The third kappa shape index (κ3) is 2.22. The molecule has 1 aliphatic rings. The van der Waals surface area contributed by atoms with Gasteiger partial charge in [0.25, 0.3) is 5.91 Å². The summed E-state index contributed by atoms with van der Waals surface area (Å²) in [4.78, 5) is 14.2. The summed E-state index contributed by atoms with van der Waals surface area (Å²) < 4.78 is 0. The molecule has 0 radical (unpaired) electrons. The van der Waals surface area contributed by atoms with Crippen molar-refractivity contribution >= 4 is 11.6 Å². The SMILES string of the molecule is O=C1N(Cc2ccccc2)c2ccccc2[C@@]1(O)CCO. The number of aliphatic hydroxyl groups is 2. The van der Waals surface area contributed by atoms with Crippen molar-refractivity contribution < 1.29 is 15.0 Å². The smallest absolute Gasteiger partial charge is 0.264 e. The number of nitrogens with zero attached hydrogens (tertiary/aromatic N) is 1. The number of carbonyl (C=O) groups is 1. The molecule has 21 heavy (non-hydrogen) atoms. The Bertz CT molecular complexity index is 656. The van der Waals surface area contributed by atoms with E-state index in [9.17, 15) is 15.0 Å². The molecule has 0 aliphatic carbocycles. The van der Waals surface area contributed by atoms with Crippen molar-refractivity contribution in [2.24, 2.45) is 0 Å². The second kappa shape index (κ2) is 5.31. The summed E-state index contributed by atoms with van der Waals surface area (Å²) in [7, 11) is 0. The van der Waals surface area contributed by atoms with Crippen LogP contribution in [0.4, 0.5) is 5.69 Å². The molecule has 1 amide bonds. The van der Waals surface area contributed by atoms with Crippen LogP contribution in [0.3, 0.4) is 0 Å². The van der Waals surface area contributed by atoms with E-state index in [-0.39, 0.29) is 18.9 Å². The summed E-state index contributed by atoms with van der Waals surface area (Å²) in [6.45, 7) is 0.167. The standard InChI is InChI=1S/C17H17NO3/c19-11-10-17(21)14-8-4-5-9-15(14)18(16(17)20)12-13-6-2-1-3-7-13/h1-9,19,21H,10-12H2/t17-/m0/s1. The van der Waals surface area contributed by atoms with Gasteiger partial charge in [0, 0.05) is 18.6 Å². The molecule has 108 valence electrons. The summed E-state index contributed by atoms with van der Waals surface area (Å²) >= 11 is 0. The zero-order valence-corrected chi connectivity index (χ0v) is 11.6. The van der Waals surface area contributed by atoms with E-state index in [1.807, 2.05) is 42.5 Å². The average Bonchev–Trinajstić information content (AvgIpc) is 2.72. The van der Waals surface area contributed by atoms with Gasteiger partial charge in [-0.15, -0.1) is 0 Å². The minimum atomic E-state index is -1.62. The monoisotopic (exact) mass is 283 g/mol. The molecule has 2 N–H and O–H groups in total. The quantitative estimate of drug-likeness (QED) is 0.899. The topological polar surface area (TPSA) is 60.8 Å². The highest BCUT2D eigenvalue weighted by molar-refractivity contribution is 6.06. The third-order valence-corrected chi connectivity index (χ3v) is 3.90. The van der Waals surface area contributed by atoms with Gasteiger partial charge >= 0.3 is 0 Å². The zero-order chi connectivity index (χ0) is 14.9. The van der Waals surface area contributed by atoms with Crippen LogP contribution in [-0.2, 0) is 16.9 Å². The lowest BCUT2D eigenvalue weighted by atomic mass is 9.92. The fraction of sp³-hybridized carbons (Fsp3) is 0.235. The molecule has 1 aliphatic heterocycles. The van der Waals surface area contributed by atoms with Crippen molar-refractivity contribution in [2.75, 3.05) is 11.5 Å². The Balaban J connectivity index is 2.01. The number of carbonyl (C=O) groups excluding carboxylic acids is 1. The highest BCUT2D eigenvalue weighted by Gasteiger charge is 2.48. The third-order valence-electron chi connectivity index (χ3n) is 3.90. The molecular weight excluding hydrogens is 266 g/mol. The van der Waals surface area contributed by atoms with Gasteiger partial charge in [-0.05, 0) is 11.6 Å². The second-order valence-corrected chi connectivity index (χ2v) is 5.23. The molecule has 4 heteroatoms. The van der Waals surface area contributed by atoms with Gasteiger partial charge in [-0.3, -0.25) is 4.79 Å². The van der Waals surface area contributed by atoms with Gasteiger partial charge in [0.05, 0.1) is 12.2 Å². The summed E-state index contributed by atoms with van der Waals surface area (Å²) in [6.07, 6.45) is 0.00807. The Kier molecular flexibility index (Phi) is 3.49. The largest absolute Gasteiger partial charge is 0.396 e. The average molecular weight is 283 g/mol. The molecule has 1 heterocycles. The van der Waals surface area contributed by atoms with Crippen molar-refractivity contribution in [2.45, 2.75) is 18.6 Å². The number of fused-ring (bicyclic) bond motifs is 1. The molecule has 3 rings (SSSR count). The van der Waals surface area contributed by atoms with Gasteiger partial charge in [-0.2, -0.15) is 0 Å². The summed E-state index contributed by atoms with van der Waals surface area (Å²) in [5.41, 5.74) is 0.649. The van der Waals surface area contributed by atoms with E-state index >= 15 is 0 Å². The van der Waals surface area contributed by atoms with Crippen molar-refractivity contribution in [3.63, 3.8) is 0 Å². The lowest BCUT2D eigenvalue weighted by molar-refractivity contribution is -0.137. The predicted molar refractivity (Wildman–Crippen MR) is 79.7 cm³/mol. The van der Waals surface area contributed by atoms with Crippen LogP contribution in [0.5, 0.6) is 0 Å². The van der Waals surface area contributed by atoms with E-state index in [0.717, 1.165) is 5.56 Å². The molecule has 2 aromatic carbocycles. The van der Waals surface area contributed by atoms with E-state index in [4.69, 9.17) is 0 Å². The van der Waals surface area contributed by atoms with E-state index in [0.29, 0.717) is 17.8 Å². The molecule has 0 saturated heterocycles. The van der Waals surface area contributed by atoms with E-state index in [1.165, 1.54) is 0 Å². The number of hydrogen-bond donors (Lipinski definition) is 2. The Labute approximate surface area is 123 Å². The van der Waals surface area contributed by atoms with Crippen LogP contribution >= 0.6 is 0 Å². The van der Waals surface area contributed by atoms with Crippen LogP contribution in [0, 0.1) is 0 Å². The van der Waals surface area contributed by atoms with Crippen LogP contribution in [0.25, 0.3) is 0 Å². The Morgan fingerprint density at radius 2 is 1.67 bits per heavy atom. The van der Waals surface area contributed by atoms with Crippen molar-refractivity contribution in [1.29, 1.82) is 0 Å². The van der Waals surface area contributed by atoms with Crippen LogP contribution in [0.2, 0.25) is 0 Å². The predicted octanol–water partition coefficient (Wildman–Crippen LogP) is 1.80. The Hall–Kier alpha value is -2.17. The maximum Gasteiger partial charge on any atom is 0.264 e. The normalized spacial score (nSPS) is 20.7. The Morgan fingerprint density at radius 1 is 1.00 bits per heavy atom. The minimum absolute atomic E-state index is 0.00807. The van der Waals surface area contributed by atoms with Crippen LogP contribution in [-0.4, -0.2) is 22.7 Å². The Morgan fingerprint density at radius 3 is 2.38 bits per heavy atom. The molecule has 0 unspecified atom stereocenters. The minimum Gasteiger partial charge on any atom is -0.396 e. The highest BCUT2D eigenvalue weighted by Crippen LogP contribution is 2.42. The van der Waals surface area contributed by atoms with E-state index < -0.39 is 5.60 Å². The number of aliphatic hydroxyl groups excluding tert-OH is 1. The van der Waals surface area contributed by atoms with E-state index in [1.54, 1.807) is 17.0 Å². The fourth-order valence-electron chi connectivity index (χ4n) is 2.83. The number of benzene rings is 2. The van der Waals surface area contributed by atoms with Gasteiger partial charge < -0.3 is 15.1 Å². The summed E-state index contributed by atoms with van der Waals surface area (Å²) in [6, 6.07) is 16.8. The molecule has 0 bridgehead atoms. The van der Waals surface area contributed by atoms with Crippen LogP contribution in [0.15, 0.2) is 54.6 Å². The molecule has 0 spiro atoms. The molecule has 1 atom stereocenters. The number of anilines is 1. The van der Waals surface area contributed by atoms with Gasteiger partial charge in [0.1, 0.15) is 0 Å².